The summed E-state index contributed by atoms with van der Waals surface area (Å²) in [5.41, 5.74) is 7.59. The van der Waals surface area contributed by atoms with Gasteiger partial charge in [-0.15, -0.1) is 0 Å². The summed E-state index contributed by atoms with van der Waals surface area (Å²) >= 11 is 1.30. The predicted octanol–water partition coefficient (Wildman–Crippen LogP) is 5.03. The molecule has 0 fully saturated rings. The maximum absolute atomic E-state index is 14.9. The predicted molar refractivity (Wildman–Crippen MR) is 121 cm³/mol. The Bertz CT molecular complexity index is 1180. The SMILES string of the molecule is C[C@@H](c1ccc(C(F)(F)F)cc1)[C@H](N)CN(C)c1ncc(-c2ccc3c(c2F)CC(=O)N3)s1. The van der Waals surface area contributed by atoms with Crippen molar-refractivity contribution in [1.29, 1.82) is 0 Å². The van der Waals surface area contributed by atoms with Gasteiger partial charge in [0.25, 0.3) is 0 Å². The van der Waals surface area contributed by atoms with E-state index in [9.17, 15) is 22.4 Å². The van der Waals surface area contributed by atoms with Crippen LogP contribution in [-0.4, -0.2) is 30.5 Å². The van der Waals surface area contributed by atoms with Gasteiger partial charge in [-0.05, 0) is 35.7 Å². The van der Waals surface area contributed by atoms with Crippen LogP contribution in [0.5, 0.6) is 0 Å². The van der Waals surface area contributed by atoms with Gasteiger partial charge in [-0.3, -0.25) is 4.79 Å². The van der Waals surface area contributed by atoms with Gasteiger partial charge in [0, 0.05) is 42.6 Å². The lowest BCUT2D eigenvalue weighted by molar-refractivity contribution is -0.137. The largest absolute Gasteiger partial charge is 0.416 e. The number of hydrogen-bond acceptors (Lipinski definition) is 5. The summed E-state index contributed by atoms with van der Waals surface area (Å²) in [6.45, 7) is 2.27. The Balaban J connectivity index is 1.45. The molecule has 4 rings (SSSR count). The highest BCUT2D eigenvalue weighted by atomic mass is 32.1. The topological polar surface area (TPSA) is 71.2 Å². The van der Waals surface area contributed by atoms with E-state index in [2.05, 4.69) is 10.3 Å². The highest BCUT2D eigenvalue weighted by molar-refractivity contribution is 7.18. The normalized spacial score (nSPS) is 15.2. The van der Waals surface area contributed by atoms with E-state index in [1.807, 2.05) is 18.9 Å². The van der Waals surface area contributed by atoms with Crippen molar-refractivity contribution in [3.05, 3.63) is 65.1 Å². The minimum Gasteiger partial charge on any atom is -0.350 e. The summed E-state index contributed by atoms with van der Waals surface area (Å²) in [5, 5.41) is 3.26. The van der Waals surface area contributed by atoms with Crippen molar-refractivity contribution in [3.63, 3.8) is 0 Å². The summed E-state index contributed by atoms with van der Waals surface area (Å²) in [6, 6.07) is 7.95. The molecule has 3 N–H and O–H groups in total. The second-order valence-electron chi connectivity index (χ2n) is 8.14. The fourth-order valence-corrected chi connectivity index (χ4v) is 4.70. The molecule has 10 heteroatoms. The van der Waals surface area contributed by atoms with Crippen LogP contribution in [0.1, 0.15) is 29.5 Å². The summed E-state index contributed by atoms with van der Waals surface area (Å²) < 4.78 is 53.3. The zero-order valence-corrected chi connectivity index (χ0v) is 18.7. The number of carbonyl (C=O) groups excluding carboxylic acids is 1. The summed E-state index contributed by atoms with van der Waals surface area (Å²) in [6.07, 6.45) is -2.79. The van der Waals surface area contributed by atoms with Crippen molar-refractivity contribution in [1.82, 2.24) is 4.98 Å². The summed E-state index contributed by atoms with van der Waals surface area (Å²) in [5.74, 6) is -0.855. The molecule has 0 saturated carbocycles. The number of nitrogens with zero attached hydrogens (tertiary/aromatic N) is 2. The van der Waals surface area contributed by atoms with Crippen LogP contribution in [0.4, 0.5) is 28.4 Å². The Hall–Kier alpha value is -2.98. The number of carbonyl (C=O) groups is 1. The molecule has 0 bridgehead atoms. The molecule has 33 heavy (non-hydrogen) atoms. The van der Waals surface area contributed by atoms with Gasteiger partial charge < -0.3 is 16.0 Å². The molecular weight excluding hydrogens is 456 g/mol. The monoisotopic (exact) mass is 478 g/mol. The molecule has 3 aromatic rings. The van der Waals surface area contributed by atoms with Crippen molar-refractivity contribution in [2.24, 2.45) is 5.73 Å². The Morgan fingerprint density at radius 1 is 1.21 bits per heavy atom. The number of hydrogen-bond donors (Lipinski definition) is 2. The van der Waals surface area contributed by atoms with Gasteiger partial charge in [0.1, 0.15) is 5.82 Å². The minimum atomic E-state index is -4.38. The Labute approximate surface area is 192 Å². The van der Waals surface area contributed by atoms with Crippen molar-refractivity contribution in [2.75, 3.05) is 23.8 Å². The van der Waals surface area contributed by atoms with Crippen LogP contribution in [0.25, 0.3) is 10.4 Å². The second kappa shape index (κ2) is 8.75. The first kappa shape index (κ1) is 23.2. The van der Waals surface area contributed by atoms with Crippen molar-refractivity contribution in [3.8, 4) is 10.4 Å². The first-order valence-corrected chi connectivity index (χ1v) is 11.1. The van der Waals surface area contributed by atoms with E-state index >= 15 is 0 Å². The molecule has 2 atom stereocenters. The molecule has 5 nitrogen and oxygen atoms in total. The van der Waals surface area contributed by atoms with E-state index in [1.165, 1.54) is 23.5 Å². The average molecular weight is 479 g/mol. The van der Waals surface area contributed by atoms with E-state index in [0.29, 0.717) is 38.9 Å². The van der Waals surface area contributed by atoms with E-state index in [4.69, 9.17) is 5.73 Å². The number of likely N-dealkylation sites (N-methyl/N-ethyl adjacent to an activating group) is 1. The van der Waals surface area contributed by atoms with Gasteiger partial charge in [-0.2, -0.15) is 13.2 Å². The highest BCUT2D eigenvalue weighted by Gasteiger charge is 2.30. The molecule has 0 radical (unpaired) electrons. The van der Waals surface area contributed by atoms with Gasteiger partial charge >= 0.3 is 6.18 Å². The van der Waals surface area contributed by atoms with Gasteiger partial charge in [0.15, 0.2) is 5.13 Å². The van der Waals surface area contributed by atoms with E-state index in [0.717, 1.165) is 12.1 Å². The number of amides is 1. The standard InChI is InChI=1S/C23H22F4N4OS/c1-12(13-3-5-14(6-4-13)23(25,26)27)17(28)11-31(2)22-29-10-19(33-22)15-7-8-18-16(21(15)24)9-20(32)30-18/h3-8,10,12,17H,9,11,28H2,1-2H3,(H,30,32)/t12-,17+/m0/s1. The van der Waals surface area contributed by atoms with Crippen molar-refractivity contribution >= 4 is 28.1 Å². The van der Waals surface area contributed by atoms with Crippen LogP contribution < -0.4 is 16.0 Å². The summed E-state index contributed by atoms with van der Waals surface area (Å²) in [7, 11) is 1.81. The maximum Gasteiger partial charge on any atom is 0.416 e. The Morgan fingerprint density at radius 3 is 2.58 bits per heavy atom. The molecule has 0 aliphatic carbocycles. The van der Waals surface area contributed by atoms with Crippen molar-refractivity contribution in [2.45, 2.75) is 31.5 Å². The fourth-order valence-electron chi connectivity index (χ4n) is 3.80. The molecule has 1 amide bonds. The van der Waals surface area contributed by atoms with Crippen LogP contribution in [0.15, 0.2) is 42.6 Å². The molecule has 2 aromatic carbocycles. The molecule has 1 aliphatic heterocycles. The molecule has 1 aromatic heterocycles. The third kappa shape index (κ3) is 4.72. The van der Waals surface area contributed by atoms with Crippen LogP contribution in [0, 0.1) is 5.82 Å². The lowest BCUT2D eigenvalue weighted by Crippen LogP contribution is -2.39. The number of thiazole rings is 1. The van der Waals surface area contributed by atoms with E-state index in [1.54, 1.807) is 18.3 Å². The Kier molecular flexibility index (Phi) is 6.15. The summed E-state index contributed by atoms with van der Waals surface area (Å²) in [4.78, 5) is 18.4. The zero-order chi connectivity index (χ0) is 23.9. The molecule has 0 unspecified atom stereocenters. The third-order valence-corrected chi connectivity index (χ3v) is 6.98. The van der Waals surface area contributed by atoms with Gasteiger partial charge in [-0.1, -0.05) is 30.4 Å². The highest BCUT2D eigenvalue weighted by Crippen LogP contribution is 2.37. The molecule has 1 aliphatic rings. The number of benzene rings is 2. The van der Waals surface area contributed by atoms with Crippen LogP contribution in [0.3, 0.4) is 0 Å². The number of nitrogens with one attached hydrogen (secondary N) is 1. The molecule has 2 heterocycles. The number of aromatic nitrogens is 1. The molecule has 0 spiro atoms. The third-order valence-electron chi connectivity index (χ3n) is 5.83. The molecule has 174 valence electrons. The van der Waals surface area contributed by atoms with E-state index < -0.39 is 17.6 Å². The number of anilines is 2. The number of nitrogens with two attached hydrogens (primary N) is 1. The van der Waals surface area contributed by atoms with Crippen LogP contribution >= 0.6 is 11.3 Å². The Morgan fingerprint density at radius 2 is 1.91 bits per heavy atom. The smallest absolute Gasteiger partial charge is 0.350 e. The van der Waals surface area contributed by atoms with Crippen LogP contribution in [0.2, 0.25) is 0 Å². The van der Waals surface area contributed by atoms with Gasteiger partial charge in [0.05, 0.1) is 16.9 Å². The number of fused-ring (bicyclic) bond motifs is 1. The lowest BCUT2D eigenvalue weighted by atomic mass is 9.93. The quantitative estimate of drug-likeness (QED) is 0.488. The average Bonchev–Trinajstić information content (AvgIpc) is 3.40. The van der Waals surface area contributed by atoms with Gasteiger partial charge in [0.2, 0.25) is 5.91 Å². The first-order valence-electron chi connectivity index (χ1n) is 10.3. The molecular formula is C23H22F4N4OS. The second-order valence-corrected chi connectivity index (χ2v) is 9.15. The number of alkyl halides is 3. The first-order chi connectivity index (χ1) is 15.5. The molecule has 0 saturated heterocycles. The van der Waals surface area contributed by atoms with Gasteiger partial charge in [-0.25, -0.2) is 9.37 Å². The lowest BCUT2D eigenvalue weighted by Gasteiger charge is -2.26. The fraction of sp³-hybridized carbons (Fsp3) is 0.304. The number of rotatable bonds is 6. The maximum atomic E-state index is 14.9. The minimum absolute atomic E-state index is 0.0112. The number of halogens is 4. The van der Waals surface area contributed by atoms with E-state index in [-0.39, 0.29) is 24.3 Å². The van der Waals surface area contributed by atoms with Crippen molar-refractivity contribution < 1.29 is 22.4 Å². The zero-order valence-electron chi connectivity index (χ0n) is 17.9. The van der Waals surface area contributed by atoms with Crippen LogP contribution in [-0.2, 0) is 17.4 Å².